The van der Waals surface area contributed by atoms with Crippen LogP contribution >= 0.6 is 12.4 Å². The van der Waals surface area contributed by atoms with Crippen molar-refractivity contribution in [2.45, 2.75) is 18.9 Å². The highest BCUT2D eigenvalue weighted by molar-refractivity contribution is 5.99. The van der Waals surface area contributed by atoms with Crippen LogP contribution < -0.4 is 15.5 Å². The highest BCUT2D eigenvalue weighted by Crippen LogP contribution is 2.33. The molecule has 120 valence electrons. The Bertz CT molecular complexity index is 719. The van der Waals surface area contributed by atoms with Gasteiger partial charge in [-0.05, 0) is 36.6 Å². The van der Waals surface area contributed by atoms with E-state index in [0.717, 1.165) is 43.0 Å². The van der Waals surface area contributed by atoms with Crippen LogP contribution in [-0.4, -0.2) is 25.0 Å². The number of halogens is 1. The van der Waals surface area contributed by atoms with E-state index in [-0.39, 0.29) is 24.4 Å². The van der Waals surface area contributed by atoms with Crippen LogP contribution in [0, 0.1) is 0 Å². The normalized spacial score (nSPS) is 19.4. The van der Waals surface area contributed by atoms with Crippen LogP contribution in [0.2, 0.25) is 0 Å². The molecule has 0 fully saturated rings. The van der Waals surface area contributed by atoms with E-state index in [2.05, 4.69) is 33.7 Å². The molecule has 2 aliphatic rings. The number of hydrogen-bond donors (Lipinski definition) is 2. The average molecular weight is 330 g/mol. The molecular weight excluding hydrogens is 310 g/mol. The van der Waals surface area contributed by atoms with Gasteiger partial charge in [0.1, 0.15) is 6.04 Å². The van der Waals surface area contributed by atoms with Gasteiger partial charge in [-0.1, -0.05) is 30.3 Å². The molecule has 5 heteroatoms. The second-order valence-corrected chi connectivity index (χ2v) is 5.84. The lowest BCUT2D eigenvalue weighted by molar-refractivity contribution is -0.117. The Morgan fingerprint density at radius 2 is 1.74 bits per heavy atom. The van der Waals surface area contributed by atoms with E-state index in [9.17, 15) is 4.79 Å². The summed E-state index contributed by atoms with van der Waals surface area (Å²) in [4.78, 5) is 15.0. The molecule has 0 aliphatic carbocycles. The Kier molecular flexibility index (Phi) is 4.44. The maximum atomic E-state index is 12.7. The summed E-state index contributed by atoms with van der Waals surface area (Å²) in [6.45, 7) is 1.72. The maximum Gasteiger partial charge on any atom is 0.247 e. The molecular formula is C18H20ClN3O. The smallest absolute Gasteiger partial charge is 0.247 e. The van der Waals surface area contributed by atoms with Crippen molar-refractivity contribution in [2.75, 3.05) is 28.6 Å². The first-order valence-electron chi connectivity index (χ1n) is 7.81. The van der Waals surface area contributed by atoms with Crippen LogP contribution in [0.5, 0.6) is 0 Å². The van der Waals surface area contributed by atoms with Gasteiger partial charge in [0.25, 0.3) is 0 Å². The number of fused-ring (bicyclic) bond motifs is 2. The molecule has 2 aromatic carbocycles. The lowest BCUT2D eigenvalue weighted by Crippen LogP contribution is -2.47. The van der Waals surface area contributed by atoms with Gasteiger partial charge in [-0.2, -0.15) is 0 Å². The summed E-state index contributed by atoms with van der Waals surface area (Å²) in [6.07, 6.45) is 1.77. The molecule has 1 unspecified atom stereocenters. The predicted molar refractivity (Wildman–Crippen MR) is 96.7 cm³/mol. The van der Waals surface area contributed by atoms with Crippen LogP contribution in [0.3, 0.4) is 0 Å². The molecule has 0 bridgehead atoms. The van der Waals surface area contributed by atoms with Crippen molar-refractivity contribution in [2.24, 2.45) is 0 Å². The molecule has 0 radical (unpaired) electrons. The molecule has 1 atom stereocenters. The number of nitrogens with one attached hydrogen (secondary N) is 2. The fourth-order valence-corrected chi connectivity index (χ4v) is 3.43. The van der Waals surface area contributed by atoms with Crippen molar-refractivity contribution in [3.63, 3.8) is 0 Å². The summed E-state index contributed by atoms with van der Waals surface area (Å²) >= 11 is 0. The molecule has 2 N–H and O–H groups in total. The second-order valence-electron chi connectivity index (χ2n) is 5.84. The Labute approximate surface area is 142 Å². The SMILES string of the molecule is Cl.O=C1Nc2ccccc2CCC1N1CCNc2ccccc21. The van der Waals surface area contributed by atoms with Crippen LogP contribution in [0.4, 0.5) is 17.1 Å². The first-order valence-corrected chi connectivity index (χ1v) is 7.81. The number of nitrogens with zero attached hydrogens (tertiary/aromatic N) is 1. The molecule has 0 saturated carbocycles. The van der Waals surface area contributed by atoms with Crippen LogP contribution in [0.1, 0.15) is 12.0 Å². The van der Waals surface area contributed by atoms with Crippen molar-refractivity contribution in [3.05, 3.63) is 54.1 Å². The van der Waals surface area contributed by atoms with Gasteiger partial charge in [0.2, 0.25) is 5.91 Å². The first kappa shape index (κ1) is 15.7. The Balaban J connectivity index is 0.00000156. The third kappa shape index (κ3) is 2.86. The van der Waals surface area contributed by atoms with Gasteiger partial charge in [-0.25, -0.2) is 0 Å². The molecule has 0 aromatic heterocycles. The van der Waals surface area contributed by atoms with E-state index in [1.807, 2.05) is 30.3 Å². The lowest BCUT2D eigenvalue weighted by Gasteiger charge is -2.37. The fourth-order valence-electron chi connectivity index (χ4n) is 3.43. The third-order valence-electron chi connectivity index (χ3n) is 4.52. The Morgan fingerprint density at radius 1 is 1.00 bits per heavy atom. The summed E-state index contributed by atoms with van der Waals surface area (Å²) in [6, 6.07) is 16.2. The minimum Gasteiger partial charge on any atom is -0.382 e. The van der Waals surface area contributed by atoms with Gasteiger partial charge >= 0.3 is 0 Å². The lowest BCUT2D eigenvalue weighted by atomic mass is 10.0. The summed E-state index contributed by atoms with van der Waals surface area (Å²) in [5.41, 5.74) is 4.42. The standard InChI is InChI=1S/C18H19N3O.ClH/c22-18-17(10-9-13-5-1-2-6-14(13)20-18)21-12-11-19-15-7-3-4-8-16(15)21;/h1-8,17,19H,9-12H2,(H,20,22);1H. The zero-order chi connectivity index (χ0) is 14.9. The molecule has 2 aliphatic heterocycles. The minimum atomic E-state index is -0.115. The topological polar surface area (TPSA) is 44.4 Å². The number of benzene rings is 2. The largest absolute Gasteiger partial charge is 0.382 e. The van der Waals surface area contributed by atoms with Crippen LogP contribution in [-0.2, 0) is 11.2 Å². The number of para-hydroxylation sites is 3. The summed E-state index contributed by atoms with van der Waals surface area (Å²) < 4.78 is 0. The second kappa shape index (κ2) is 6.50. The van der Waals surface area contributed by atoms with Crippen LogP contribution in [0.15, 0.2) is 48.5 Å². The number of rotatable bonds is 1. The van der Waals surface area contributed by atoms with E-state index in [1.54, 1.807) is 0 Å². The first-order chi connectivity index (χ1) is 10.8. The number of amides is 1. The number of carbonyl (C=O) groups is 1. The third-order valence-corrected chi connectivity index (χ3v) is 4.52. The molecule has 1 amide bonds. The average Bonchev–Trinajstić information content (AvgIpc) is 2.72. The predicted octanol–water partition coefficient (Wildman–Crippen LogP) is 3.29. The van der Waals surface area contributed by atoms with E-state index in [1.165, 1.54) is 5.56 Å². The van der Waals surface area contributed by atoms with Crippen molar-refractivity contribution in [3.8, 4) is 0 Å². The van der Waals surface area contributed by atoms with Crippen molar-refractivity contribution >= 4 is 35.4 Å². The molecule has 2 heterocycles. The zero-order valence-corrected chi connectivity index (χ0v) is 13.6. The van der Waals surface area contributed by atoms with Gasteiger partial charge < -0.3 is 15.5 Å². The van der Waals surface area contributed by atoms with Gasteiger partial charge in [0.15, 0.2) is 0 Å². The van der Waals surface area contributed by atoms with Gasteiger partial charge in [0, 0.05) is 18.8 Å². The molecule has 4 nitrogen and oxygen atoms in total. The van der Waals surface area contributed by atoms with Crippen molar-refractivity contribution in [1.82, 2.24) is 0 Å². The number of carbonyl (C=O) groups excluding carboxylic acids is 1. The van der Waals surface area contributed by atoms with Crippen molar-refractivity contribution < 1.29 is 4.79 Å². The van der Waals surface area contributed by atoms with E-state index >= 15 is 0 Å². The van der Waals surface area contributed by atoms with Gasteiger partial charge in [-0.15, -0.1) is 12.4 Å². The zero-order valence-electron chi connectivity index (χ0n) is 12.8. The van der Waals surface area contributed by atoms with Gasteiger partial charge in [0.05, 0.1) is 11.4 Å². The summed E-state index contributed by atoms with van der Waals surface area (Å²) in [5, 5.41) is 6.51. The van der Waals surface area contributed by atoms with E-state index in [4.69, 9.17) is 0 Å². The highest BCUT2D eigenvalue weighted by atomic mass is 35.5. The number of aryl methyl sites for hydroxylation is 1. The van der Waals surface area contributed by atoms with Gasteiger partial charge in [-0.3, -0.25) is 4.79 Å². The molecule has 0 saturated heterocycles. The monoisotopic (exact) mass is 329 g/mol. The summed E-state index contributed by atoms with van der Waals surface area (Å²) in [5.74, 6) is 0.0988. The number of hydrogen-bond acceptors (Lipinski definition) is 3. The molecule has 0 spiro atoms. The van der Waals surface area contributed by atoms with Crippen LogP contribution in [0.25, 0.3) is 0 Å². The van der Waals surface area contributed by atoms with E-state index in [0.29, 0.717) is 0 Å². The van der Waals surface area contributed by atoms with Crippen molar-refractivity contribution in [1.29, 1.82) is 0 Å². The van der Waals surface area contributed by atoms with E-state index < -0.39 is 0 Å². The molecule has 23 heavy (non-hydrogen) atoms. The highest BCUT2D eigenvalue weighted by Gasteiger charge is 2.31. The Hall–Kier alpha value is -2.20. The molecule has 2 aromatic rings. The Morgan fingerprint density at radius 3 is 2.61 bits per heavy atom. The quantitative estimate of drug-likeness (QED) is 0.843. The maximum absolute atomic E-state index is 12.7. The summed E-state index contributed by atoms with van der Waals surface area (Å²) in [7, 11) is 0. The number of anilines is 3. The fraction of sp³-hybridized carbons (Fsp3) is 0.278. The minimum absolute atomic E-state index is 0. The molecule has 4 rings (SSSR count).